The number of rotatable bonds is 2. The molecule has 0 spiro atoms. The monoisotopic (exact) mass is 163 g/mol. The van der Waals surface area contributed by atoms with Crippen molar-refractivity contribution < 1.29 is 4.79 Å². The molecule has 64 valence electrons. The fraction of sp³-hybridized carbons (Fsp3) is 0.444. The molecule has 3 heteroatoms. The van der Waals surface area contributed by atoms with Gasteiger partial charge in [-0.05, 0) is 19.0 Å². The first kappa shape index (κ1) is 8.91. The number of nitrogens with zero attached hydrogens (tertiary/aromatic N) is 2. The first-order chi connectivity index (χ1) is 5.77. The second-order valence-corrected chi connectivity index (χ2v) is 2.81. The Morgan fingerprint density at radius 2 is 2.42 bits per heavy atom. The maximum absolute atomic E-state index is 8.50. The Balaban J connectivity index is 2.75. The van der Waals surface area contributed by atoms with Crippen molar-refractivity contribution in [3.05, 3.63) is 29.3 Å². The van der Waals surface area contributed by atoms with Crippen molar-refractivity contribution in [2.45, 2.75) is 19.9 Å². The van der Waals surface area contributed by atoms with E-state index in [2.05, 4.69) is 17.0 Å². The molecular weight excluding hydrogens is 150 g/mol. The van der Waals surface area contributed by atoms with Crippen LogP contribution in [0.15, 0.2) is 23.8 Å². The van der Waals surface area contributed by atoms with Crippen molar-refractivity contribution >= 4 is 5.71 Å². The molecule has 0 aromatic heterocycles. The fourth-order valence-electron chi connectivity index (χ4n) is 1.23. The summed E-state index contributed by atoms with van der Waals surface area (Å²) in [6, 6.07) is 0.292. The molecule has 1 aliphatic rings. The summed E-state index contributed by atoms with van der Waals surface area (Å²) in [6.45, 7) is 5.02. The molecule has 0 heterocycles. The number of hydrogen-bond acceptors (Lipinski definition) is 1. The van der Waals surface area contributed by atoms with Crippen LogP contribution in [0.4, 0.5) is 0 Å². The lowest BCUT2D eigenvalue weighted by molar-refractivity contribution is -0.00172. The lowest BCUT2D eigenvalue weighted by atomic mass is 10.0. The van der Waals surface area contributed by atoms with Crippen molar-refractivity contribution in [1.29, 1.82) is 0 Å². The second kappa shape index (κ2) is 4.00. The van der Waals surface area contributed by atoms with Gasteiger partial charge in [0.05, 0.1) is 0 Å². The number of likely N-dealkylation sites (N-methyl/N-ethyl adjacent to an activating group) is 1. The van der Waals surface area contributed by atoms with Gasteiger partial charge in [-0.2, -0.15) is 4.79 Å². The Hall–Kier alpha value is -1.18. The molecule has 0 aliphatic heterocycles. The second-order valence-electron chi connectivity index (χ2n) is 2.81. The Bertz CT molecular complexity index is 269. The largest absolute Gasteiger partial charge is 0.361 e. The van der Waals surface area contributed by atoms with E-state index in [1.165, 1.54) is 5.57 Å². The van der Waals surface area contributed by atoms with Crippen LogP contribution in [0, 0.1) is 0 Å². The summed E-state index contributed by atoms with van der Waals surface area (Å²) >= 11 is 0. The van der Waals surface area contributed by atoms with E-state index >= 15 is 0 Å². The molecule has 1 rings (SSSR count). The van der Waals surface area contributed by atoms with Gasteiger partial charge >= 0.3 is 5.71 Å². The molecule has 0 amide bonds. The SMILES string of the molecule is CCNC1C=CC(=[N+]=[N-])C=C1C. The minimum Gasteiger partial charge on any atom is -0.361 e. The van der Waals surface area contributed by atoms with Crippen LogP contribution in [0.5, 0.6) is 0 Å². The summed E-state index contributed by atoms with van der Waals surface area (Å²) in [6.07, 6.45) is 5.67. The van der Waals surface area contributed by atoms with Gasteiger partial charge in [0, 0.05) is 18.2 Å². The van der Waals surface area contributed by atoms with Gasteiger partial charge in [0.2, 0.25) is 0 Å². The Morgan fingerprint density at radius 3 is 2.92 bits per heavy atom. The van der Waals surface area contributed by atoms with E-state index in [-0.39, 0.29) is 0 Å². The molecular formula is C9H13N3. The van der Waals surface area contributed by atoms with Crippen molar-refractivity contribution in [2.24, 2.45) is 0 Å². The van der Waals surface area contributed by atoms with Crippen molar-refractivity contribution in [1.82, 2.24) is 5.32 Å². The maximum atomic E-state index is 8.50. The summed E-state index contributed by atoms with van der Waals surface area (Å²) in [7, 11) is 0. The lowest BCUT2D eigenvalue weighted by Crippen LogP contribution is -2.30. The Morgan fingerprint density at radius 1 is 1.67 bits per heavy atom. The zero-order valence-corrected chi connectivity index (χ0v) is 7.41. The van der Waals surface area contributed by atoms with Crippen LogP contribution in [0.2, 0.25) is 0 Å². The van der Waals surface area contributed by atoms with Crippen LogP contribution in [0.3, 0.4) is 0 Å². The van der Waals surface area contributed by atoms with Gasteiger partial charge in [-0.25, -0.2) is 0 Å². The van der Waals surface area contributed by atoms with E-state index in [0.29, 0.717) is 11.8 Å². The van der Waals surface area contributed by atoms with Crippen LogP contribution in [0.1, 0.15) is 13.8 Å². The highest BCUT2D eigenvalue weighted by atomic mass is 14.9. The molecule has 0 aromatic carbocycles. The van der Waals surface area contributed by atoms with Crippen LogP contribution in [-0.2, 0) is 0 Å². The first-order valence-corrected chi connectivity index (χ1v) is 4.09. The standard InChI is InChI=1S/C9H13N3/c1-3-11-9-5-4-8(12-10)6-7(9)2/h4-6,9,11H,3H2,1-2H3. The smallest absolute Gasteiger partial charge is 0.315 e. The molecule has 1 N–H and O–H groups in total. The van der Waals surface area contributed by atoms with E-state index in [1.807, 2.05) is 19.1 Å². The van der Waals surface area contributed by atoms with E-state index in [4.69, 9.17) is 5.53 Å². The van der Waals surface area contributed by atoms with Gasteiger partial charge in [0.25, 0.3) is 0 Å². The van der Waals surface area contributed by atoms with Crippen molar-refractivity contribution in [2.75, 3.05) is 6.54 Å². The summed E-state index contributed by atoms with van der Waals surface area (Å²) in [5, 5.41) is 3.29. The highest BCUT2D eigenvalue weighted by molar-refractivity contribution is 6.01. The third-order valence-electron chi connectivity index (χ3n) is 1.87. The molecule has 0 radical (unpaired) electrons. The number of nitrogens with one attached hydrogen (secondary N) is 1. The zero-order chi connectivity index (χ0) is 8.97. The van der Waals surface area contributed by atoms with Crippen LogP contribution in [0.25, 0.3) is 5.53 Å². The molecule has 0 saturated heterocycles. The van der Waals surface area contributed by atoms with Crippen LogP contribution < -0.4 is 5.32 Å². The van der Waals surface area contributed by atoms with Crippen molar-refractivity contribution in [3.63, 3.8) is 0 Å². The van der Waals surface area contributed by atoms with Gasteiger partial charge in [0.15, 0.2) is 0 Å². The van der Waals surface area contributed by atoms with Crippen LogP contribution >= 0.6 is 0 Å². The summed E-state index contributed by atoms with van der Waals surface area (Å²) in [5.41, 5.74) is 10.3. The lowest BCUT2D eigenvalue weighted by Gasteiger charge is -2.15. The van der Waals surface area contributed by atoms with E-state index < -0.39 is 0 Å². The predicted molar refractivity (Wildman–Crippen MR) is 49.0 cm³/mol. The van der Waals surface area contributed by atoms with Gasteiger partial charge in [-0.1, -0.05) is 13.0 Å². The number of allylic oxidation sites excluding steroid dienone is 2. The highest BCUT2D eigenvalue weighted by Gasteiger charge is 2.13. The maximum Gasteiger partial charge on any atom is 0.315 e. The normalized spacial score (nSPS) is 22.0. The first-order valence-electron chi connectivity index (χ1n) is 4.09. The molecule has 0 bridgehead atoms. The van der Waals surface area contributed by atoms with E-state index in [9.17, 15) is 0 Å². The molecule has 1 aliphatic carbocycles. The topological polar surface area (TPSA) is 48.4 Å². The quantitative estimate of drug-likeness (QED) is 0.482. The summed E-state index contributed by atoms with van der Waals surface area (Å²) in [4.78, 5) is 3.12. The summed E-state index contributed by atoms with van der Waals surface area (Å²) in [5.74, 6) is 0. The van der Waals surface area contributed by atoms with Gasteiger partial charge in [-0.3, -0.25) is 0 Å². The summed E-state index contributed by atoms with van der Waals surface area (Å²) < 4.78 is 0. The fourth-order valence-corrected chi connectivity index (χ4v) is 1.23. The van der Waals surface area contributed by atoms with Crippen LogP contribution in [-0.4, -0.2) is 23.1 Å². The molecule has 0 aromatic rings. The number of hydrogen-bond donors (Lipinski definition) is 1. The predicted octanol–water partition coefficient (Wildman–Crippen LogP) is 1.15. The third-order valence-corrected chi connectivity index (χ3v) is 1.87. The molecule has 12 heavy (non-hydrogen) atoms. The average Bonchev–Trinajstić information content (AvgIpc) is 2.09. The van der Waals surface area contributed by atoms with Gasteiger partial charge in [0.1, 0.15) is 0 Å². The Labute approximate surface area is 72.4 Å². The Kier molecular flexibility index (Phi) is 2.97. The minimum atomic E-state index is 0.292. The minimum absolute atomic E-state index is 0.292. The zero-order valence-electron chi connectivity index (χ0n) is 7.41. The molecule has 0 fully saturated rings. The van der Waals surface area contributed by atoms with Crippen molar-refractivity contribution in [3.8, 4) is 0 Å². The molecule has 3 nitrogen and oxygen atoms in total. The molecule has 1 atom stereocenters. The highest BCUT2D eigenvalue weighted by Crippen LogP contribution is 2.08. The molecule has 0 saturated carbocycles. The van der Waals surface area contributed by atoms with E-state index in [0.717, 1.165) is 6.54 Å². The van der Waals surface area contributed by atoms with E-state index in [1.54, 1.807) is 6.08 Å². The molecule has 1 unspecified atom stereocenters. The van der Waals surface area contributed by atoms with Gasteiger partial charge < -0.3 is 10.8 Å². The van der Waals surface area contributed by atoms with Gasteiger partial charge in [-0.15, -0.1) is 0 Å². The third kappa shape index (κ3) is 1.91. The average molecular weight is 163 g/mol.